The van der Waals surface area contributed by atoms with E-state index in [1.54, 1.807) is 0 Å². The lowest BCUT2D eigenvalue weighted by molar-refractivity contribution is -0.207. The Hall–Kier alpha value is -0.650. The van der Waals surface area contributed by atoms with Crippen LogP contribution in [0.3, 0.4) is 0 Å². The van der Waals surface area contributed by atoms with Crippen LogP contribution in [0.1, 0.15) is 78.6 Å². The first-order chi connectivity index (χ1) is 13.6. The third-order valence-electron chi connectivity index (χ3n) is 10.3. The van der Waals surface area contributed by atoms with Crippen LogP contribution in [-0.2, 0) is 4.79 Å². The Morgan fingerprint density at radius 2 is 1.76 bits per heavy atom. The number of aliphatic hydroxyl groups excluding tert-OH is 3. The lowest BCUT2D eigenvalue weighted by atomic mass is 9.43. The van der Waals surface area contributed by atoms with Crippen LogP contribution in [-0.4, -0.2) is 44.7 Å². The van der Waals surface area contributed by atoms with E-state index in [0.717, 1.165) is 44.9 Å². The molecular formula is C24H40O5. The summed E-state index contributed by atoms with van der Waals surface area (Å²) in [5, 5.41) is 42.0. The van der Waals surface area contributed by atoms with Gasteiger partial charge in [-0.3, -0.25) is 4.79 Å². The fourth-order valence-electron chi connectivity index (χ4n) is 8.68. The highest BCUT2D eigenvalue weighted by Crippen LogP contribution is 2.68. The normalized spacial score (nSPS) is 52.9. The number of carboxylic acids is 1. The first kappa shape index (κ1) is 21.6. The van der Waals surface area contributed by atoms with E-state index in [9.17, 15) is 20.1 Å². The van der Waals surface area contributed by atoms with Crippen LogP contribution < -0.4 is 0 Å². The molecule has 5 unspecified atom stereocenters. The number of aliphatic carboxylic acids is 1. The van der Waals surface area contributed by atoms with E-state index >= 15 is 0 Å². The molecule has 0 heterocycles. The summed E-state index contributed by atoms with van der Waals surface area (Å²) in [6, 6.07) is 0. The average Bonchev–Trinajstić information content (AvgIpc) is 3.01. The predicted octanol–water partition coefficient (Wildman–Crippen LogP) is 3.45. The minimum atomic E-state index is -0.748. The number of aliphatic hydroxyl groups is 3. The molecule has 4 saturated carbocycles. The van der Waals surface area contributed by atoms with Gasteiger partial charge in [-0.25, -0.2) is 0 Å². The van der Waals surface area contributed by atoms with Gasteiger partial charge in [0, 0.05) is 6.42 Å². The predicted molar refractivity (Wildman–Crippen MR) is 110 cm³/mol. The fourth-order valence-corrected chi connectivity index (χ4v) is 8.68. The van der Waals surface area contributed by atoms with E-state index in [4.69, 9.17) is 5.11 Å². The van der Waals surface area contributed by atoms with Crippen molar-refractivity contribution in [2.24, 2.45) is 46.3 Å². The van der Waals surface area contributed by atoms with Gasteiger partial charge in [0.2, 0.25) is 0 Å². The van der Waals surface area contributed by atoms with Crippen LogP contribution in [0.15, 0.2) is 0 Å². The number of hydrogen-bond acceptors (Lipinski definition) is 4. The molecule has 0 spiro atoms. The van der Waals surface area contributed by atoms with Gasteiger partial charge in [0.05, 0.1) is 18.3 Å². The summed E-state index contributed by atoms with van der Waals surface area (Å²) in [4.78, 5) is 11.1. The van der Waals surface area contributed by atoms with Crippen molar-refractivity contribution >= 4 is 5.97 Å². The van der Waals surface area contributed by atoms with E-state index in [1.807, 2.05) is 0 Å². The van der Waals surface area contributed by atoms with Crippen molar-refractivity contribution in [1.82, 2.24) is 0 Å². The highest BCUT2D eigenvalue weighted by Gasteiger charge is 2.65. The smallest absolute Gasteiger partial charge is 0.303 e. The molecule has 29 heavy (non-hydrogen) atoms. The van der Waals surface area contributed by atoms with Gasteiger partial charge in [0.15, 0.2) is 0 Å². The summed E-state index contributed by atoms with van der Waals surface area (Å²) in [5.74, 6) is 0.997. The second-order valence-electron chi connectivity index (χ2n) is 11.4. The monoisotopic (exact) mass is 408 g/mol. The Kier molecular flexibility index (Phi) is 5.57. The zero-order chi connectivity index (χ0) is 21.1. The van der Waals surface area contributed by atoms with E-state index < -0.39 is 12.1 Å². The highest BCUT2D eigenvalue weighted by molar-refractivity contribution is 5.66. The molecule has 0 aromatic rings. The minimum absolute atomic E-state index is 0.0957. The number of carboxylic acid groups (broad SMARTS) is 1. The van der Waals surface area contributed by atoms with Gasteiger partial charge >= 0.3 is 5.97 Å². The van der Waals surface area contributed by atoms with E-state index in [0.29, 0.717) is 30.1 Å². The van der Waals surface area contributed by atoms with Gasteiger partial charge in [-0.05, 0) is 97.7 Å². The van der Waals surface area contributed by atoms with E-state index in [1.165, 1.54) is 0 Å². The molecule has 11 atom stereocenters. The molecule has 4 fully saturated rings. The second-order valence-corrected chi connectivity index (χ2v) is 11.4. The van der Waals surface area contributed by atoms with Crippen LogP contribution in [0.25, 0.3) is 0 Å². The van der Waals surface area contributed by atoms with Crippen molar-refractivity contribution in [1.29, 1.82) is 0 Å². The lowest BCUT2D eigenvalue weighted by Crippen LogP contribution is -2.62. The Morgan fingerprint density at radius 3 is 2.45 bits per heavy atom. The molecule has 0 aromatic heterocycles. The maximum absolute atomic E-state index is 11.5. The Bertz CT molecular complexity index is 637. The van der Waals surface area contributed by atoms with Crippen LogP contribution in [0.4, 0.5) is 0 Å². The van der Waals surface area contributed by atoms with Crippen LogP contribution in [0.2, 0.25) is 0 Å². The number of hydrogen-bond donors (Lipinski definition) is 4. The minimum Gasteiger partial charge on any atom is -0.481 e. The van der Waals surface area contributed by atoms with Crippen molar-refractivity contribution in [2.75, 3.05) is 0 Å². The Morgan fingerprint density at radius 1 is 1.03 bits per heavy atom. The first-order valence-corrected chi connectivity index (χ1v) is 11.8. The summed E-state index contributed by atoms with van der Waals surface area (Å²) in [7, 11) is 0. The molecule has 4 aliphatic rings. The zero-order valence-electron chi connectivity index (χ0n) is 18.3. The van der Waals surface area contributed by atoms with Crippen LogP contribution in [0, 0.1) is 46.3 Å². The van der Waals surface area contributed by atoms with Crippen molar-refractivity contribution in [3.63, 3.8) is 0 Å². The van der Waals surface area contributed by atoms with Crippen molar-refractivity contribution in [3.05, 3.63) is 0 Å². The van der Waals surface area contributed by atoms with Gasteiger partial charge in [-0.15, -0.1) is 0 Å². The van der Waals surface area contributed by atoms with Crippen molar-refractivity contribution in [2.45, 2.75) is 96.9 Å². The third kappa shape index (κ3) is 3.27. The summed E-state index contributed by atoms with van der Waals surface area (Å²) in [6.07, 6.45) is 6.00. The maximum atomic E-state index is 11.5. The molecule has 4 rings (SSSR count). The summed E-state index contributed by atoms with van der Waals surface area (Å²) in [5.41, 5.74) is -0.143. The molecule has 0 radical (unpaired) electrons. The third-order valence-corrected chi connectivity index (χ3v) is 10.3. The molecule has 4 N–H and O–H groups in total. The number of rotatable bonds is 4. The van der Waals surface area contributed by atoms with Crippen LogP contribution >= 0.6 is 0 Å². The summed E-state index contributed by atoms with van der Waals surface area (Å²) in [6.45, 7) is 6.72. The second kappa shape index (κ2) is 7.49. The Balaban J connectivity index is 1.61. The first-order valence-electron chi connectivity index (χ1n) is 11.8. The molecule has 0 saturated heterocycles. The highest BCUT2D eigenvalue weighted by atomic mass is 16.4. The fraction of sp³-hybridized carbons (Fsp3) is 0.958. The van der Waals surface area contributed by atoms with Crippen molar-refractivity contribution in [3.8, 4) is 0 Å². The quantitative estimate of drug-likeness (QED) is 0.571. The molecule has 5 nitrogen and oxygen atoms in total. The molecule has 5 heteroatoms. The van der Waals surface area contributed by atoms with Crippen molar-refractivity contribution < 1.29 is 25.2 Å². The van der Waals surface area contributed by atoms with Gasteiger partial charge in [-0.1, -0.05) is 20.8 Å². The average molecular weight is 409 g/mol. The van der Waals surface area contributed by atoms with E-state index in [2.05, 4.69) is 20.8 Å². The zero-order valence-corrected chi connectivity index (χ0v) is 18.3. The van der Waals surface area contributed by atoms with Gasteiger partial charge < -0.3 is 20.4 Å². The van der Waals surface area contributed by atoms with Gasteiger partial charge in [0.1, 0.15) is 0 Å². The standard InChI is InChI=1S/C24H40O5/c1-13(4-7-21(28)29)16-5-6-17-22-18(12-20(27)24(16,17)3)23(2)9-8-15(25)10-14(23)11-19(22)26/h13-20,22,25-27H,4-12H2,1-3H3,(H,28,29)/t13?,14-,15+,16+,17?,18?,19?,20-,22?,23-,24+/m0/s1. The van der Waals surface area contributed by atoms with Gasteiger partial charge in [-0.2, -0.15) is 0 Å². The molecule has 4 aliphatic carbocycles. The molecular weight excluding hydrogens is 368 g/mol. The summed E-state index contributed by atoms with van der Waals surface area (Å²) >= 11 is 0. The maximum Gasteiger partial charge on any atom is 0.303 e. The number of fused-ring (bicyclic) bond motifs is 5. The summed E-state index contributed by atoms with van der Waals surface area (Å²) < 4.78 is 0. The lowest BCUT2D eigenvalue weighted by Gasteiger charge is -2.63. The SMILES string of the molecule is CC(CCC(=O)O)[C@H]1CCC2C3C(O)C[C@@H]4C[C@H](O)CC[C@]4(C)C3C[C@H](O)[C@@]21C. The molecule has 166 valence electrons. The van der Waals surface area contributed by atoms with E-state index in [-0.39, 0.29) is 41.3 Å². The Labute approximate surface area is 174 Å². The topological polar surface area (TPSA) is 98.0 Å². The molecule has 0 aliphatic heterocycles. The molecule has 0 bridgehead atoms. The molecule has 0 amide bonds. The largest absolute Gasteiger partial charge is 0.481 e. The van der Waals surface area contributed by atoms with Crippen LogP contribution in [0.5, 0.6) is 0 Å². The molecule has 0 aromatic carbocycles. The van der Waals surface area contributed by atoms with Gasteiger partial charge in [0.25, 0.3) is 0 Å². The number of carbonyl (C=O) groups is 1.